The van der Waals surface area contributed by atoms with Crippen molar-refractivity contribution in [2.75, 3.05) is 37.8 Å². The average molecular weight is 295 g/mol. The number of para-hydroxylation sites is 1. The van der Waals surface area contributed by atoms with Crippen LogP contribution in [0, 0.1) is 0 Å². The Labute approximate surface area is 123 Å². The quantitative estimate of drug-likeness (QED) is 0.782. The van der Waals surface area contributed by atoms with Gasteiger partial charge in [-0.1, -0.05) is 18.2 Å². The molecule has 2 rings (SSSR count). The third-order valence-corrected chi connectivity index (χ3v) is 6.51. The first-order valence-corrected chi connectivity index (χ1v) is 9.44. The lowest BCUT2D eigenvalue weighted by atomic mass is 10.2. The number of hydrogen-bond acceptors (Lipinski definition) is 4. The summed E-state index contributed by atoms with van der Waals surface area (Å²) in [5, 5.41) is 0. The predicted molar refractivity (Wildman–Crippen MR) is 83.0 cm³/mol. The van der Waals surface area contributed by atoms with Gasteiger partial charge in [-0.3, -0.25) is 0 Å². The largest absolute Gasteiger partial charge is 0.501 e. The topological polar surface area (TPSA) is 30.9 Å². The molecule has 4 nitrogen and oxygen atoms in total. The highest BCUT2D eigenvalue weighted by Gasteiger charge is 2.41. The van der Waals surface area contributed by atoms with Crippen LogP contribution in [-0.4, -0.2) is 41.7 Å². The lowest BCUT2D eigenvalue weighted by Crippen LogP contribution is -2.49. The third kappa shape index (κ3) is 4.05. The van der Waals surface area contributed by atoms with Crippen molar-refractivity contribution in [3.63, 3.8) is 0 Å². The van der Waals surface area contributed by atoms with Gasteiger partial charge in [0.05, 0.1) is 6.61 Å². The van der Waals surface area contributed by atoms with Crippen LogP contribution in [0.15, 0.2) is 30.3 Å². The molecule has 112 valence electrons. The summed E-state index contributed by atoms with van der Waals surface area (Å²) in [7, 11) is -2.42. The normalized spacial score (nSPS) is 19.4. The molecule has 20 heavy (non-hydrogen) atoms. The molecule has 0 aliphatic carbocycles. The standard InChI is InChI=1S/C15H25NO3Si/c1-3-17-20(18-4-2)14-8-11-16(12-13-19-20)15-9-6-5-7-10-15/h5-7,9-10H,3-4,8,11-14H2,1-2H3. The van der Waals surface area contributed by atoms with Gasteiger partial charge in [0, 0.05) is 38.0 Å². The summed E-state index contributed by atoms with van der Waals surface area (Å²) < 4.78 is 17.8. The van der Waals surface area contributed by atoms with Crippen LogP contribution in [-0.2, 0) is 13.3 Å². The fourth-order valence-electron chi connectivity index (χ4n) is 2.59. The van der Waals surface area contributed by atoms with E-state index in [1.165, 1.54) is 5.69 Å². The van der Waals surface area contributed by atoms with E-state index in [2.05, 4.69) is 29.2 Å². The Morgan fingerprint density at radius 2 is 1.80 bits per heavy atom. The van der Waals surface area contributed by atoms with Crippen molar-refractivity contribution in [2.24, 2.45) is 0 Å². The van der Waals surface area contributed by atoms with Crippen molar-refractivity contribution >= 4 is 14.5 Å². The second-order valence-electron chi connectivity index (χ2n) is 4.82. The van der Waals surface area contributed by atoms with Crippen molar-refractivity contribution in [3.8, 4) is 0 Å². The Bertz CT molecular complexity index is 370. The molecule has 1 saturated heterocycles. The highest BCUT2D eigenvalue weighted by Crippen LogP contribution is 2.23. The van der Waals surface area contributed by atoms with E-state index < -0.39 is 8.80 Å². The zero-order chi connectivity index (χ0) is 14.3. The molecule has 0 unspecified atom stereocenters. The van der Waals surface area contributed by atoms with E-state index in [1.807, 2.05) is 19.9 Å². The highest BCUT2D eigenvalue weighted by molar-refractivity contribution is 6.60. The van der Waals surface area contributed by atoms with Crippen LogP contribution in [0.4, 0.5) is 5.69 Å². The van der Waals surface area contributed by atoms with Gasteiger partial charge in [-0.25, -0.2) is 0 Å². The second-order valence-corrected chi connectivity index (χ2v) is 7.56. The summed E-state index contributed by atoms with van der Waals surface area (Å²) >= 11 is 0. The number of anilines is 1. The minimum atomic E-state index is -2.42. The average Bonchev–Trinajstić information content (AvgIpc) is 2.44. The molecule has 0 N–H and O–H groups in total. The van der Waals surface area contributed by atoms with Gasteiger partial charge in [0.25, 0.3) is 0 Å². The second kappa shape index (κ2) is 7.78. The van der Waals surface area contributed by atoms with Crippen LogP contribution in [0.25, 0.3) is 0 Å². The molecule has 0 amide bonds. The molecule has 1 heterocycles. The summed E-state index contributed by atoms with van der Waals surface area (Å²) in [5.74, 6) is 0. The monoisotopic (exact) mass is 295 g/mol. The molecule has 0 bridgehead atoms. The fourth-order valence-corrected chi connectivity index (χ4v) is 5.14. The minimum Gasteiger partial charge on any atom is -0.374 e. The fraction of sp³-hybridized carbons (Fsp3) is 0.600. The van der Waals surface area contributed by atoms with Crippen molar-refractivity contribution in [2.45, 2.75) is 26.3 Å². The van der Waals surface area contributed by atoms with Crippen molar-refractivity contribution in [1.29, 1.82) is 0 Å². The van der Waals surface area contributed by atoms with Crippen molar-refractivity contribution < 1.29 is 13.3 Å². The van der Waals surface area contributed by atoms with E-state index in [1.54, 1.807) is 0 Å². The third-order valence-electron chi connectivity index (χ3n) is 3.44. The first-order valence-electron chi connectivity index (χ1n) is 7.51. The number of nitrogens with zero attached hydrogens (tertiary/aromatic N) is 1. The van der Waals surface area contributed by atoms with Crippen LogP contribution < -0.4 is 4.90 Å². The molecule has 0 spiro atoms. The van der Waals surface area contributed by atoms with E-state index in [-0.39, 0.29) is 0 Å². The Morgan fingerprint density at radius 1 is 1.10 bits per heavy atom. The van der Waals surface area contributed by atoms with Crippen molar-refractivity contribution in [1.82, 2.24) is 0 Å². The molecule has 1 aromatic carbocycles. The van der Waals surface area contributed by atoms with Gasteiger partial charge >= 0.3 is 8.80 Å². The molecule has 1 fully saturated rings. The minimum absolute atomic E-state index is 0.661. The Kier molecular flexibility index (Phi) is 6.03. The van der Waals surface area contributed by atoms with E-state index in [0.29, 0.717) is 19.8 Å². The van der Waals surface area contributed by atoms with Crippen LogP contribution in [0.2, 0.25) is 6.04 Å². The van der Waals surface area contributed by atoms with Gasteiger partial charge in [-0.15, -0.1) is 0 Å². The molecule has 1 aliphatic rings. The van der Waals surface area contributed by atoms with Crippen LogP contribution in [0.5, 0.6) is 0 Å². The van der Waals surface area contributed by atoms with E-state index in [4.69, 9.17) is 13.3 Å². The van der Waals surface area contributed by atoms with Gasteiger partial charge in [-0.05, 0) is 32.4 Å². The summed E-state index contributed by atoms with van der Waals surface area (Å²) in [4.78, 5) is 2.37. The number of benzene rings is 1. The lowest BCUT2D eigenvalue weighted by Gasteiger charge is -2.34. The van der Waals surface area contributed by atoms with Crippen LogP contribution >= 0.6 is 0 Å². The van der Waals surface area contributed by atoms with E-state index >= 15 is 0 Å². The van der Waals surface area contributed by atoms with Gasteiger partial charge in [0.1, 0.15) is 0 Å². The first-order chi connectivity index (χ1) is 9.79. The smallest absolute Gasteiger partial charge is 0.374 e. The molecular formula is C15H25NO3Si. The summed E-state index contributed by atoms with van der Waals surface area (Å²) in [6.45, 7) is 7.92. The molecule has 5 heteroatoms. The van der Waals surface area contributed by atoms with Gasteiger partial charge < -0.3 is 18.2 Å². The molecule has 1 aromatic rings. The van der Waals surface area contributed by atoms with Gasteiger partial charge in [0.2, 0.25) is 0 Å². The zero-order valence-corrected chi connectivity index (χ0v) is 13.5. The van der Waals surface area contributed by atoms with Gasteiger partial charge in [-0.2, -0.15) is 0 Å². The molecular weight excluding hydrogens is 270 g/mol. The first kappa shape index (κ1) is 15.5. The molecule has 0 saturated carbocycles. The SMILES string of the molecule is CCO[Si]1(OCC)CCCN(c2ccccc2)CCO1. The number of hydrogen-bond donors (Lipinski definition) is 0. The molecule has 0 aromatic heterocycles. The van der Waals surface area contributed by atoms with Crippen LogP contribution in [0.1, 0.15) is 20.3 Å². The summed E-state index contributed by atoms with van der Waals surface area (Å²) in [5.41, 5.74) is 1.26. The maximum atomic E-state index is 6.06. The van der Waals surface area contributed by atoms with E-state index in [9.17, 15) is 0 Å². The van der Waals surface area contributed by atoms with Gasteiger partial charge in [0.15, 0.2) is 0 Å². The lowest BCUT2D eigenvalue weighted by molar-refractivity contribution is 0.0663. The molecule has 0 atom stereocenters. The van der Waals surface area contributed by atoms with Crippen molar-refractivity contribution in [3.05, 3.63) is 30.3 Å². The Hall–Kier alpha value is -0.883. The maximum absolute atomic E-state index is 6.06. The summed E-state index contributed by atoms with van der Waals surface area (Å²) in [6.07, 6.45) is 1.04. The Morgan fingerprint density at radius 3 is 2.45 bits per heavy atom. The maximum Gasteiger partial charge on any atom is 0.501 e. The predicted octanol–water partition coefficient (Wildman–Crippen LogP) is 2.93. The highest BCUT2D eigenvalue weighted by atomic mass is 28.4. The zero-order valence-electron chi connectivity index (χ0n) is 12.5. The summed E-state index contributed by atoms with van der Waals surface area (Å²) in [6, 6.07) is 11.4. The molecule has 0 radical (unpaired) electrons. The number of rotatable bonds is 5. The molecule has 1 aliphatic heterocycles. The van der Waals surface area contributed by atoms with Crippen LogP contribution in [0.3, 0.4) is 0 Å². The Balaban J connectivity index is 1.97. The van der Waals surface area contributed by atoms with E-state index in [0.717, 1.165) is 25.6 Å².